The summed E-state index contributed by atoms with van der Waals surface area (Å²) in [5, 5.41) is 0. The Kier molecular flexibility index (Phi) is 5.51. The normalized spacial score (nSPS) is 39.2. The maximum absolute atomic E-state index is 3.97. The van der Waals surface area contributed by atoms with Crippen LogP contribution in [0.15, 0.2) is 61.3 Å². The molecule has 4 rings (SSSR count). The summed E-state index contributed by atoms with van der Waals surface area (Å²) in [6, 6.07) is 1.42. The van der Waals surface area contributed by atoms with Gasteiger partial charge < -0.3 is 0 Å². The molecule has 0 heterocycles. The van der Waals surface area contributed by atoms with Crippen LogP contribution in [0.25, 0.3) is 0 Å². The van der Waals surface area contributed by atoms with Gasteiger partial charge in [-0.1, -0.05) is 94.1 Å². The highest BCUT2D eigenvalue weighted by Gasteiger charge is 2.55. The van der Waals surface area contributed by atoms with Gasteiger partial charge in [0, 0.05) is 0 Å². The van der Waals surface area contributed by atoms with Gasteiger partial charge >= 0.3 is 0 Å². The zero-order chi connectivity index (χ0) is 19.9. The Balaban J connectivity index is 1.55. The van der Waals surface area contributed by atoms with E-state index in [1.54, 1.807) is 0 Å². The average molecular weight is 393 g/mol. The Morgan fingerprint density at radius 2 is 1.43 bits per heavy atom. The summed E-state index contributed by atoms with van der Waals surface area (Å²) < 4.78 is 0. The Bertz CT molecular complexity index is 670. The van der Waals surface area contributed by atoms with Gasteiger partial charge in [0.15, 0.2) is 0 Å². The second-order valence-corrected chi connectivity index (χ2v) is 16.5. The monoisotopic (exact) mass is 392 g/mol. The third-order valence-corrected chi connectivity index (χ3v) is 13.5. The van der Waals surface area contributed by atoms with E-state index in [9.17, 15) is 0 Å². The lowest BCUT2D eigenvalue weighted by atomic mass is 9.61. The van der Waals surface area contributed by atoms with Gasteiger partial charge in [-0.3, -0.25) is 0 Å². The van der Waals surface area contributed by atoms with Crippen LogP contribution in [-0.4, -0.2) is 8.07 Å². The number of fused-ring (bicyclic) bond motifs is 3. The third kappa shape index (κ3) is 3.38. The highest BCUT2D eigenvalue weighted by atomic mass is 28.3. The summed E-state index contributed by atoms with van der Waals surface area (Å²) in [4.78, 5) is 0. The first-order chi connectivity index (χ1) is 13.4. The molecule has 28 heavy (non-hydrogen) atoms. The molecule has 0 aliphatic heterocycles. The van der Waals surface area contributed by atoms with E-state index in [4.69, 9.17) is 0 Å². The molecular weight excluding hydrogens is 352 g/mol. The maximum atomic E-state index is 3.97. The van der Waals surface area contributed by atoms with Gasteiger partial charge in [0.05, 0.1) is 8.07 Å². The van der Waals surface area contributed by atoms with Crippen molar-refractivity contribution in [2.24, 2.45) is 40.9 Å². The van der Waals surface area contributed by atoms with E-state index in [1.807, 2.05) is 0 Å². The predicted molar refractivity (Wildman–Crippen MR) is 126 cm³/mol. The summed E-state index contributed by atoms with van der Waals surface area (Å²) in [6.45, 7) is 14.5. The molecule has 2 saturated carbocycles. The molecule has 0 nitrogen and oxygen atoms in total. The number of hydrogen-bond donors (Lipinski definition) is 0. The largest absolute Gasteiger partial charge is 0.103 e. The highest BCUT2D eigenvalue weighted by Crippen LogP contribution is 2.62. The lowest BCUT2D eigenvalue weighted by Crippen LogP contribution is -2.38. The molecule has 2 fully saturated rings. The van der Waals surface area contributed by atoms with Crippen molar-refractivity contribution in [2.45, 2.75) is 64.2 Å². The van der Waals surface area contributed by atoms with Gasteiger partial charge in [0.1, 0.15) is 0 Å². The van der Waals surface area contributed by atoms with Gasteiger partial charge in [-0.25, -0.2) is 0 Å². The number of rotatable bonds is 6. The van der Waals surface area contributed by atoms with Crippen LogP contribution in [-0.2, 0) is 0 Å². The van der Waals surface area contributed by atoms with E-state index in [0.717, 1.165) is 17.4 Å². The van der Waals surface area contributed by atoms with E-state index in [2.05, 4.69) is 88.2 Å². The Hall–Kier alpha value is -1.08. The molecule has 0 aromatic carbocycles. The highest BCUT2D eigenvalue weighted by molar-refractivity contribution is 6.78. The van der Waals surface area contributed by atoms with E-state index < -0.39 is 8.07 Å². The maximum Gasteiger partial charge on any atom is 0.0508 e. The first-order valence-electron chi connectivity index (χ1n) is 11.7. The van der Waals surface area contributed by atoms with Crippen molar-refractivity contribution < 1.29 is 0 Å². The minimum absolute atomic E-state index is 0.408. The average Bonchev–Trinajstić information content (AvgIpc) is 3.31. The molecule has 0 aromatic heterocycles. The molecule has 152 valence electrons. The fourth-order valence-electron chi connectivity index (χ4n) is 7.34. The van der Waals surface area contributed by atoms with Crippen LogP contribution in [0.5, 0.6) is 0 Å². The van der Waals surface area contributed by atoms with Crippen LogP contribution < -0.4 is 0 Å². The molecule has 0 aromatic rings. The summed E-state index contributed by atoms with van der Waals surface area (Å²) >= 11 is 0. The second kappa shape index (κ2) is 7.63. The third-order valence-electron chi connectivity index (χ3n) is 9.16. The van der Waals surface area contributed by atoms with E-state index in [1.165, 1.54) is 31.7 Å². The lowest BCUT2D eigenvalue weighted by Gasteiger charge is -2.44. The van der Waals surface area contributed by atoms with Gasteiger partial charge in [-0.2, -0.15) is 0 Å². The molecular formula is C27H40Si. The zero-order valence-electron chi connectivity index (χ0n) is 18.5. The molecule has 0 bridgehead atoms. The van der Waals surface area contributed by atoms with E-state index in [0.29, 0.717) is 29.1 Å². The van der Waals surface area contributed by atoms with Crippen LogP contribution >= 0.6 is 0 Å². The molecule has 4 aliphatic rings. The first-order valence-corrected chi connectivity index (χ1v) is 15.0. The van der Waals surface area contributed by atoms with Crippen LogP contribution in [0.4, 0.5) is 0 Å². The van der Waals surface area contributed by atoms with Crippen LogP contribution in [0.3, 0.4) is 0 Å². The van der Waals surface area contributed by atoms with Gasteiger partial charge in [-0.15, -0.1) is 6.58 Å². The minimum atomic E-state index is -1.14. The van der Waals surface area contributed by atoms with Crippen LogP contribution in [0.2, 0.25) is 24.7 Å². The zero-order valence-corrected chi connectivity index (χ0v) is 19.5. The minimum Gasteiger partial charge on any atom is -0.103 e. The molecule has 0 N–H and O–H groups in total. The Labute approximate surface area is 174 Å². The molecule has 6 unspecified atom stereocenters. The molecule has 4 aliphatic carbocycles. The van der Waals surface area contributed by atoms with Crippen molar-refractivity contribution in [1.82, 2.24) is 0 Å². The molecule has 0 amide bonds. The number of allylic oxidation sites excluding steroid dienone is 9. The van der Waals surface area contributed by atoms with Gasteiger partial charge in [0.25, 0.3) is 0 Å². The molecule has 0 saturated heterocycles. The van der Waals surface area contributed by atoms with Crippen molar-refractivity contribution in [1.29, 1.82) is 0 Å². The molecule has 6 atom stereocenters. The molecule has 1 heteroatoms. The van der Waals surface area contributed by atoms with Crippen molar-refractivity contribution in [3.8, 4) is 0 Å². The summed E-state index contributed by atoms with van der Waals surface area (Å²) in [7, 11) is -1.14. The lowest BCUT2D eigenvalue weighted by molar-refractivity contribution is 0.0750. The van der Waals surface area contributed by atoms with Crippen molar-refractivity contribution in [2.75, 3.05) is 0 Å². The first kappa shape index (κ1) is 20.2. The fourth-order valence-corrected chi connectivity index (χ4v) is 10.6. The van der Waals surface area contributed by atoms with E-state index in [-0.39, 0.29) is 0 Å². The van der Waals surface area contributed by atoms with Crippen molar-refractivity contribution in [3.63, 3.8) is 0 Å². The molecule has 0 spiro atoms. The van der Waals surface area contributed by atoms with Crippen molar-refractivity contribution in [3.05, 3.63) is 61.3 Å². The molecule has 0 radical (unpaired) electrons. The standard InChI is InChI=1S/C27H40Si/c1-6-7-18-28(4,5)21-17-16-20(19-21)27(2,3)26-24-14-10-8-12-22(24)23-13-9-11-15-25(23)26/h6,8-15,20-26H,1,7,16-19H2,2-5H3. The summed E-state index contributed by atoms with van der Waals surface area (Å²) in [5.74, 6) is 4.50. The smallest absolute Gasteiger partial charge is 0.0508 e. The summed E-state index contributed by atoms with van der Waals surface area (Å²) in [6.07, 6.45) is 27.1. The van der Waals surface area contributed by atoms with Crippen LogP contribution in [0.1, 0.15) is 39.5 Å². The second-order valence-electron chi connectivity index (χ2n) is 11.2. The van der Waals surface area contributed by atoms with E-state index >= 15 is 0 Å². The SMILES string of the molecule is C=CCC[Si](C)(C)C1CCC(C(C)(C)C2C3C=CC=CC3C3C=CC=CC32)C1. The van der Waals surface area contributed by atoms with Crippen molar-refractivity contribution >= 4 is 8.07 Å². The topological polar surface area (TPSA) is 0 Å². The quantitative estimate of drug-likeness (QED) is 0.319. The van der Waals surface area contributed by atoms with Gasteiger partial charge in [-0.05, 0) is 65.7 Å². The Morgan fingerprint density at radius 3 is 1.96 bits per heavy atom. The fraction of sp³-hybridized carbons (Fsp3) is 0.630. The number of hydrogen-bond acceptors (Lipinski definition) is 0. The Morgan fingerprint density at radius 1 is 0.893 bits per heavy atom. The van der Waals surface area contributed by atoms with Crippen LogP contribution in [0, 0.1) is 40.9 Å². The summed E-state index contributed by atoms with van der Waals surface area (Å²) in [5.41, 5.74) is 1.42. The predicted octanol–water partition coefficient (Wildman–Crippen LogP) is 7.81. The van der Waals surface area contributed by atoms with Gasteiger partial charge in [0.2, 0.25) is 0 Å².